The standard InChI is InChI=1S/2C5H9NO2/c2*1-3-2-4(7)5(8)6-3/h2*3-4,7H,2H2,1H3,(H,6,8)/t2*3-,4-/m10/s1. The van der Waals surface area contributed by atoms with Crippen molar-refractivity contribution in [3.8, 4) is 0 Å². The first-order chi connectivity index (χ1) is 7.40. The molecule has 0 bridgehead atoms. The lowest BCUT2D eigenvalue weighted by Gasteiger charge is -1.95. The van der Waals surface area contributed by atoms with Crippen LogP contribution >= 0.6 is 0 Å². The summed E-state index contributed by atoms with van der Waals surface area (Å²) in [5, 5.41) is 22.7. The first-order valence-corrected chi connectivity index (χ1v) is 5.37. The molecule has 4 atom stereocenters. The Balaban J connectivity index is 0.000000160. The highest BCUT2D eigenvalue weighted by Gasteiger charge is 2.26. The van der Waals surface area contributed by atoms with Crippen molar-refractivity contribution in [2.45, 2.75) is 51.0 Å². The van der Waals surface area contributed by atoms with Gasteiger partial charge in [-0.2, -0.15) is 0 Å². The van der Waals surface area contributed by atoms with Gasteiger partial charge in [-0.15, -0.1) is 0 Å². The van der Waals surface area contributed by atoms with E-state index in [1.54, 1.807) is 0 Å². The molecule has 0 aromatic carbocycles. The van der Waals surface area contributed by atoms with Gasteiger partial charge in [0.2, 0.25) is 11.8 Å². The van der Waals surface area contributed by atoms with Gasteiger partial charge >= 0.3 is 0 Å². The van der Waals surface area contributed by atoms with Crippen molar-refractivity contribution in [3.63, 3.8) is 0 Å². The van der Waals surface area contributed by atoms with Gasteiger partial charge in [0.15, 0.2) is 0 Å². The molecule has 0 unspecified atom stereocenters. The molecule has 6 nitrogen and oxygen atoms in total. The van der Waals surface area contributed by atoms with Crippen molar-refractivity contribution in [1.29, 1.82) is 0 Å². The maximum absolute atomic E-state index is 10.4. The Hall–Kier alpha value is -1.14. The molecule has 2 fully saturated rings. The minimum Gasteiger partial charge on any atom is -0.383 e. The highest BCUT2D eigenvalue weighted by atomic mass is 16.3. The third-order valence-electron chi connectivity index (χ3n) is 2.54. The molecule has 2 aliphatic heterocycles. The number of hydrogen-bond donors (Lipinski definition) is 4. The highest BCUT2D eigenvalue weighted by Crippen LogP contribution is 2.05. The Kier molecular flexibility index (Phi) is 4.26. The predicted molar refractivity (Wildman–Crippen MR) is 56.5 cm³/mol. The lowest BCUT2D eigenvalue weighted by atomic mass is 10.2. The first kappa shape index (κ1) is 12.9. The molecular weight excluding hydrogens is 212 g/mol. The van der Waals surface area contributed by atoms with E-state index in [0.29, 0.717) is 12.8 Å². The minimum atomic E-state index is -0.759. The van der Waals surface area contributed by atoms with E-state index in [0.717, 1.165) is 0 Å². The molecule has 0 aromatic heterocycles. The van der Waals surface area contributed by atoms with Crippen LogP contribution in [-0.4, -0.2) is 46.3 Å². The van der Waals surface area contributed by atoms with Crippen molar-refractivity contribution >= 4 is 11.8 Å². The van der Waals surface area contributed by atoms with Crippen LogP contribution in [0.1, 0.15) is 26.7 Å². The van der Waals surface area contributed by atoms with Gasteiger partial charge in [0.05, 0.1) is 0 Å². The van der Waals surface area contributed by atoms with Gasteiger partial charge in [-0.25, -0.2) is 0 Å². The number of rotatable bonds is 0. The Bertz CT molecular complexity index is 254. The van der Waals surface area contributed by atoms with Crippen LogP contribution in [0.4, 0.5) is 0 Å². The number of carbonyl (C=O) groups is 2. The van der Waals surface area contributed by atoms with E-state index < -0.39 is 12.2 Å². The van der Waals surface area contributed by atoms with Crippen LogP contribution in [0.15, 0.2) is 0 Å². The van der Waals surface area contributed by atoms with E-state index in [1.807, 2.05) is 13.8 Å². The largest absolute Gasteiger partial charge is 0.383 e. The first-order valence-electron chi connectivity index (χ1n) is 5.37. The Morgan fingerprint density at radius 1 is 0.938 bits per heavy atom. The predicted octanol–water partition coefficient (Wildman–Crippen LogP) is -1.49. The average molecular weight is 230 g/mol. The summed E-state index contributed by atoms with van der Waals surface area (Å²) in [5.74, 6) is -0.477. The highest BCUT2D eigenvalue weighted by molar-refractivity contribution is 5.83. The second kappa shape index (κ2) is 5.27. The normalized spacial score (nSPS) is 37.5. The summed E-state index contributed by atoms with van der Waals surface area (Å²) < 4.78 is 0. The van der Waals surface area contributed by atoms with Gasteiger partial charge in [0.25, 0.3) is 0 Å². The number of aliphatic hydroxyl groups excluding tert-OH is 2. The Morgan fingerprint density at radius 2 is 1.25 bits per heavy atom. The van der Waals surface area contributed by atoms with E-state index in [1.165, 1.54) is 0 Å². The van der Waals surface area contributed by atoms with Crippen molar-refractivity contribution in [2.24, 2.45) is 0 Å². The number of aliphatic hydroxyl groups is 2. The van der Waals surface area contributed by atoms with Crippen molar-refractivity contribution in [2.75, 3.05) is 0 Å². The molecule has 6 heteroatoms. The molecule has 2 aliphatic rings. The minimum absolute atomic E-state index is 0.150. The SMILES string of the molecule is C[C@@H]1C[C@@H](O)C(=O)N1.C[C@H]1C[C@H](O)C(=O)N1. The summed E-state index contributed by atoms with van der Waals surface area (Å²) in [4.78, 5) is 20.8. The summed E-state index contributed by atoms with van der Waals surface area (Å²) >= 11 is 0. The Morgan fingerprint density at radius 3 is 1.31 bits per heavy atom. The van der Waals surface area contributed by atoms with Gasteiger partial charge < -0.3 is 20.8 Å². The zero-order chi connectivity index (χ0) is 12.3. The summed E-state index contributed by atoms with van der Waals surface area (Å²) in [5.41, 5.74) is 0. The second-order valence-corrected chi connectivity index (χ2v) is 4.32. The number of amides is 2. The van der Waals surface area contributed by atoms with Gasteiger partial charge in [-0.05, 0) is 13.8 Å². The summed E-state index contributed by atoms with van der Waals surface area (Å²) in [6.07, 6.45) is -0.410. The van der Waals surface area contributed by atoms with Crippen LogP contribution in [0.5, 0.6) is 0 Å². The number of hydrogen-bond acceptors (Lipinski definition) is 4. The maximum Gasteiger partial charge on any atom is 0.249 e. The van der Waals surface area contributed by atoms with E-state index in [2.05, 4.69) is 10.6 Å². The number of carbonyl (C=O) groups excluding carboxylic acids is 2. The third-order valence-corrected chi connectivity index (χ3v) is 2.54. The molecule has 4 N–H and O–H groups in total. The lowest BCUT2D eigenvalue weighted by Crippen LogP contribution is -2.25. The van der Waals surface area contributed by atoms with Crippen molar-refractivity contribution in [3.05, 3.63) is 0 Å². The van der Waals surface area contributed by atoms with Gasteiger partial charge in [0.1, 0.15) is 12.2 Å². The molecule has 0 aromatic rings. The fourth-order valence-corrected chi connectivity index (χ4v) is 1.68. The molecule has 0 radical (unpaired) electrons. The third kappa shape index (κ3) is 3.46. The molecule has 2 heterocycles. The zero-order valence-electron chi connectivity index (χ0n) is 9.43. The molecule has 0 aliphatic carbocycles. The fourth-order valence-electron chi connectivity index (χ4n) is 1.68. The fraction of sp³-hybridized carbons (Fsp3) is 0.800. The van der Waals surface area contributed by atoms with Crippen LogP contribution in [-0.2, 0) is 9.59 Å². The van der Waals surface area contributed by atoms with Gasteiger partial charge in [-0.1, -0.05) is 0 Å². The smallest absolute Gasteiger partial charge is 0.249 e. The van der Waals surface area contributed by atoms with Crippen LogP contribution in [0.25, 0.3) is 0 Å². The second-order valence-electron chi connectivity index (χ2n) is 4.32. The zero-order valence-corrected chi connectivity index (χ0v) is 9.43. The average Bonchev–Trinajstić information content (AvgIpc) is 2.58. The van der Waals surface area contributed by atoms with E-state index in [-0.39, 0.29) is 23.9 Å². The van der Waals surface area contributed by atoms with Crippen LogP contribution in [0, 0.1) is 0 Å². The topological polar surface area (TPSA) is 98.7 Å². The molecule has 0 saturated carbocycles. The van der Waals surface area contributed by atoms with Crippen LogP contribution in [0.3, 0.4) is 0 Å². The van der Waals surface area contributed by atoms with Crippen molar-refractivity contribution < 1.29 is 19.8 Å². The molecule has 0 spiro atoms. The summed E-state index contributed by atoms with van der Waals surface area (Å²) in [6, 6.07) is 0.301. The molecule has 16 heavy (non-hydrogen) atoms. The monoisotopic (exact) mass is 230 g/mol. The maximum atomic E-state index is 10.4. The van der Waals surface area contributed by atoms with E-state index in [4.69, 9.17) is 10.2 Å². The van der Waals surface area contributed by atoms with Gasteiger partial charge in [0, 0.05) is 24.9 Å². The lowest BCUT2D eigenvalue weighted by molar-refractivity contribution is -0.126. The van der Waals surface area contributed by atoms with Crippen LogP contribution in [0.2, 0.25) is 0 Å². The molecule has 2 amide bonds. The molecular formula is C10H18N2O4. The molecule has 2 rings (SSSR count). The quantitative estimate of drug-likeness (QED) is 0.407. The van der Waals surface area contributed by atoms with Crippen LogP contribution < -0.4 is 10.6 Å². The van der Waals surface area contributed by atoms with Gasteiger partial charge in [-0.3, -0.25) is 9.59 Å². The molecule has 92 valence electrons. The molecule has 2 saturated heterocycles. The Labute approximate surface area is 94.0 Å². The summed E-state index contributed by atoms with van der Waals surface area (Å²) in [7, 11) is 0. The van der Waals surface area contributed by atoms with Crippen molar-refractivity contribution in [1.82, 2.24) is 10.6 Å². The van der Waals surface area contributed by atoms with E-state index in [9.17, 15) is 9.59 Å². The summed E-state index contributed by atoms with van der Waals surface area (Å²) in [6.45, 7) is 3.74. The number of nitrogens with one attached hydrogen (secondary N) is 2. The van der Waals surface area contributed by atoms with E-state index >= 15 is 0 Å².